The van der Waals surface area contributed by atoms with E-state index in [0.717, 1.165) is 25.7 Å². The van der Waals surface area contributed by atoms with Gasteiger partial charge in [-0.25, -0.2) is 0 Å². The van der Waals surface area contributed by atoms with Gasteiger partial charge in [0.25, 0.3) is 0 Å². The van der Waals surface area contributed by atoms with E-state index < -0.39 is 0 Å². The lowest BCUT2D eigenvalue weighted by Gasteiger charge is -2.27. The van der Waals surface area contributed by atoms with Crippen LogP contribution in [0, 0.1) is 5.92 Å². The Morgan fingerprint density at radius 2 is 2.24 bits per heavy atom. The summed E-state index contributed by atoms with van der Waals surface area (Å²) in [4.78, 5) is 1.46. The predicted molar refractivity (Wildman–Crippen MR) is 71.5 cm³/mol. The summed E-state index contributed by atoms with van der Waals surface area (Å²) in [5.74, 6) is 1.95. The Morgan fingerprint density at radius 3 is 3.12 bits per heavy atom. The van der Waals surface area contributed by atoms with Crippen LogP contribution in [0.3, 0.4) is 0 Å². The van der Waals surface area contributed by atoms with E-state index >= 15 is 0 Å². The Kier molecular flexibility index (Phi) is 3.69. The highest BCUT2D eigenvalue weighted by atomic mass is 32.2. The number of nitrogens with one attached hydrogen (secondary N) is 1. The molecule has 2 atom stereocenters. The van der Waals surface area contributed by atoms with Crippen LogP contribution in [0.4, 0.5) is 0 Å². The zero-order valence-electron chi connectivity index (χ0n) is 10.0. The summed E-state index contributed by atoms with van der Waals surface area (Å²) in [6, 6.07) is 9.35. The molecule has 0 aromatic heterocycles. The molecule has 0 radical (unpaired) electrons. The monoisotopic (exact) mass is 249 g/mol. The first kappa shape index (κ1) is 11.6. The average Bonchev–Trinajstić information content (AvgIpc) is 2.89. The van der Waals surface area contributed by atoms with Crippen molar-refractivity contribution < 1.29 is 4.74 Å². The van der Waals surface area contributed by atoms with E-state index in [0.29, 0.717) is 6.04 Å². The molecule has 1 N–H and O–H groups in total. The van der Waals surface area contributed by atoms with Gasteiger partial charge in [0, 0.05) is 24.1 Å². The van der Waals surface area contributed by atoms with Crippen LogP contribution in [-0.4, -0.2) is 25.5 Å². The fourth-order valence-electron chi connectivity index (χ4n) is 2.61. The number of thioether (sulfide) groups is 1. The molecule has 92 valence electrons. The Hall–Kier alpha value is -0.510. The Labute approximate surface area is 107 Å². The van der Waals surface area contributed by atoms with Gasteiger partial charge in [0.2, 0.25) is 0 Å². The quantitative estimate of drug-likeness (QED) is 0.890. The first-order valence-electron chi connectivity index (χ1n) is 6.46. The number of rotatable bonds is 3. The standard InChI is InChI=1S/C14H19NOS/c1-2-4-14-12(3-1)13(6-8-17-14)15-9-11-5-7-16-10-11/h1-4,11,13,15H,5-10H2. The van der Waals surface area contributed by atoms with Crippen LogP contribution in [-0.2, 0) is 4.74 Å². The van der Waals surface area contributed by atoms with Crippen molar-refractivity contribution in [2.24, 2.45) is 5.92 Å². The third-order valence-electron chi connectivity index (χ3n) is 3.64. The molecule has 0 amide bonds. The molecule has 17 heavy (non-hydrogen) atoms. The smallest absolute Gasteiger partial charge is 0.0507 e. The van der Waals surface area contributed by atoms with Gasteiger partial charge < -0.3 is 10.1 Å². The number of benzene rings is 1. The van der Waals surface area contributed by atoms with Crippen LogP contribution in [0.15, 0.2) is 29.2 Å². The van der Waals surface area contributed by atoms with Gasteiger partial charge >= 0.3 is 0 Å². The lowest BCUT2D eigenvalue weighted by Crippen LogP contribution is -2.29. The van der Waals surface area contributed by atoms with E-state index in [-0.39, 0.29) is 0 Å². The summed E-state index contributed by atoms with van der Waals surface area (Å²) in [5.41, 5.74) is 1.49. The summed E-state index contributed by atoms with van der Waals surface area (Å²) in [6.07, 6.45) is 2.46. The highest BCUT2D eigenvalue weighted by Crippen LogP contribution is 2.35. The van der Waals surface area contributed by atoms with Gasteiger partial charge in [-0.1, -0.05) is 18.2 Å². The molecule has 0 aliphatic carbocycles. The first-order valence-corrected chi connectivity index (χ1v) is 7.45. The molecule has 0 spiro atoms. The summed E-state index contributed by atoms with van der Waals surface area (Å²) in [5, 5.41) is 3.73. The first-order chi connectivity index (χ1) is 8.43. The van der Waals surface area contributed by atoms with Crippen molar-refractivity contribution in [3.05, 3.63) is 29.8 Å². The highest BCUT2D eigenvalue weighted by Gasteiger charge is 2.22. The summed E-state index contributed by atoms with van der Waals surface area (Å²) >= 11 is 1.99. The summed E-state index contributed by atoms with van der Waals surface area (Å²) in [6.45, 7) is 2.99. The van der Waals surface area contributed by atoms with Gasteiger partial charge in [-0.2, -0.15) is 0 Å². The minimum Gasteiger partial charge on any atom is -0.381 e. The minimum atomic E-state index is 0.549. The van der Waals surface area contributed by atoms with Crippen molar-refractivity contribution in [3.63, 3.8) is 0 Å². The second-order valence-electron chi connectivity index (χ2n) is 4.87. The topological polar surface area (TPSA) is 21.3 Å². The predicted octanol–water partition coefficient (Wildman–Crippen LogP) is 2.85. The van der Waals surface area contributed by atoms with E-state index in [1.807, 2.05) is 11.8 Å². The molecule has 2 nitrogen and oxygen atoms in total. The minimum absolute atomic E-state index is 0.549. The van der Waals surface area contributed by atoms with E-state index in [1.54, 1.807) is 0 Å². The SMILES string of the molecule is c1ccc2c(c1)SCCC2NCC1CCOC1. The van der Waals surface area contributed by atoms with Crippen molar-refractivity contribution in [2.45, 2.75) is 23.8 Å². The van der Waals surface area contributed by atoms with Crippen molar-refractivity contribution in [3.8, 4) is 0 Å². The third kappa shape index (κ3) is 2.67. The zero-order chi connectivity index (χ0) is 11.5. The molecule has 2 heterocycles. The largest absolute Gasteiger partial charge is 0.381 e. The summed E-state index contributed by atoms with van der Waals surface area (Å²) in [7, 11) is 0. The molecule has 2 aliphatic rings. The number of hydrogen-bond donors (Lipinski definition) is 1. The van der Waals surface area contributed by atoms with Crippen LogP contribution >= 0.6 is 11.8 Å². The lowest BCUT2D eigenvalue weighted by molar-refractivity contribution is 0.184. The molecule has 2 unspecified atom stereocenters. The second kappa shape index (κ2) is 5.42. The van der Waals surface area contributed by atoms with Crippen LogP contribution in [0.2, 0.25) is 0 Å². The van der Waals surface area contributed by atoms with Crippen molar-refractivity contribution in [1.82, 2.24) is 5.32 Å². The number of hydrogen-bond acceptors (Lipinski definition) is 3. The molecule has 1 aromatic carbocycles. The van der Waals surface area contributed by atoms with Crippen LogP contribution < -0.4 is 5.32 Å². The maximum absolute atomic E-state index is 5.42. The fraction of sp³-hybridized carbons (Fsp3) is 0.571. The molecule has 0 bridgehead atoms. The van der Waals surface area contributed by atoms with Crippen LogP contribution in [0.25, 0.3) is 0 Å². The molecular weight excluding hydrogens is 230 g/mol. The molecule has 1 saturated heterocycles. The third-order valence-corrected chi connectivity index (χ3v) is 4.76. The van der Waals surface area contributed by atoms with E-state index in [2.05, 4.69) is 29.6 Å². The van der Waals surface area contributed by atoms with Crippen molar-refractivity contribution >= 4 is 11.8 Å². The maximum Gasteiger partial charge on any atom is 0.0507 e. The molecule has 1 fully saturated rings. The molecule has 1 aromatic rings. The zero-order valence-corrected chi connectivity index (χ0v) is 10.8. The van der Waals surface area contributed by atoms with E-state index in [4.69, 9.17) is 4.74 Å². The molecular formula is C14H19NOS. The highest BCUT2D eigenvalue weighted by molar-refractivity contribution is 7.99. The average molecular weight is 249 g/mol. The van der Waals surface area contributed by atoms with Crippen molar-refractivity contribution in [2.75, 3.05) is 25.5 Å². The normalized spacial score (nSPS) is 28.0. The molecule has 2 aliphatic heterocycles. The van der Waals surface area contributed by atoms with Gasteiger partial charge in [0.05, 0.1) is 6.61 Å². The van der Waals surface area contributed by atoms with Crippen LogP contribution in [0.5, 0.6) is 0 Å². The molecule has 3 rings (SSSR count). The Morgan fingerprint density at radius 1 is 1.29 bits per heavy atom. The summed E-state index contributed by atoms with van der Waals surface area (Å²) < 4.78 is 5.42. The van der Waals surface area contributed by atoms with Crippen molar-refractivity contribution in [1.29, 1.82) is 0 Å². The lowest BCUT2D eigenvalue weighted by atomic mass is 10.0. The number of ether oxygens (including phenoxy) is 1. The molecule has 3 heteroatoms. The fourth-order valence-corrected chi connectivity index (χ4v) is 3.73. The Balaban J connectivity index is 1.64. The van der Waals surface area contributed by atoms with Crippen LogP contribution in [0.1, 0.15) is 24.4 Å². The van der Waals surface area contributed by atoms with Gasteiger partial charge in [-0.15, -0.1) is 11.8 Å². The Bertz CT molecular complexity index is 376. The van der Waals surface area contributed by atoms with Gasteiger partial charge in [-0.05, 0) is 36.1 Å². The molecule has 0 saturated carbocycles. The van der Waals surface area contributed by atoms with Gasteiger partial charge in [-0.3, -0.25) is 0 Å². The number of fused-ring (bicyclic) bond motifs is 1. The van der Waals surface area contributed by atoms with Gasteiger partial charge in [0.15, 0.2) is 0 Å². The maximum atomic E-state index is 5.42. The van der Waals surface area contributed by atoms with E-state index in [1.165, 1.54) is 29.1 Å². The second-order valence-corrected chi connectivity index (χ2v) is 6.00. The van der Waals surface area contributed by atoms with E-state index in [9.17, 15) is 0 Å². The van der Waals surface area contributed by atoms with Gasteiger partial charge in [0.1, 0.15) is 0 Å².